The first kappa shape index (κ1) is 24.8. The van der Waals surface area contributed by atoms with E-state index in [1.807, 2.05) is 12.1 Å². The summed E-state index contributed by atoms with van der Waals surface area (Å²) in [5.41, 5.74) is 2.55. The third-order valence-corrected chi connectivity index (χ3v) is 7.05. The largest absolute Gasteiger partial charge is 0.477 e. The van der Waals surface area contributed by atoms with E-state index in [0.717, 1.165) is 30.6 Å². The van der Waals surface area contributed by atoms with Crippen LogP contribution in [0.15, 0.2) is 35.4 Å². The molecule has 5 atom stereocenters. The van der Waals surface area contributed by atoms with E-state index in [9.17, 15) is 20.1 Å². The molecule has 1 saturated carbocycles. The fraction of sp³-hybridized carbons (Fsp3) is 0.625. The normalized spacial score (nSPS) is 23.8. The van der Waals surface area contributed by atoms with Gasteiger partial charge in [-0.15, -0.1) is 11.3 Å². The molecule has 30 heavy (non-hydrogen) atoms. The molecule has 168 valence electrons. The minimum atomic E-state index is -0.880. The number of hydrogen-bond acceptors (Lipinski definition) is 5. The number of rotatable bonds is 11. The summed E-state index contributed by atoms with van der Waals surface area (Å²) >= 11 is 1.33. The maximum Gasteiger partial charge on any atom is 0.345 e. The first-order valence-electron chi connectivity index (χ1n) is 10.9. The third-order valence-electron chi connectivity index (χ3n) is 5.92. The Labute approximate surface area is 183 Å². The van der Waals surface area contributed by atoms with Gasteiger partial charge in [0, 0.05) is 10.8 Å². The number of aromatic carboxylic acids is 1. The Hall–Kier alpha value is -1.47. The fourth-order valence-corrected chi connectivity index (χ4v) is 5.20. The Morgan fingerprint density at radius 1 is 1.23 bits per heavy atom. The van der Waals surface area contributed by atoms with E-state index >= 15 is 0 Å². The van der Waals surface area contributed by atoms with Crippen LogP contribution in [0.1, 0.15) is 73.8 Å². The topological polar surface area (TPSA) is 98.0 Å². The third kappa shape index (κ3) is 7.34. The fourth-order valence-electron chi connectivity index (χ4n) is 4.32. The number of aliphatic hydroxyl groups excluding tert-OH is 3. The highest BCUT2D eigenvalue weighted by Crippen LogP contribution is 2.42. The van der Waals surface area contributed by atoms with Crippen LogP contribution in [0, 0.1) is 11.8 Å². The molecule has 0 spiro atoms. The lowest BCUT2D eigenvalue weighted by Crippen LogP contribution is -2.18. The van der Waals surface area contributed by atoms with Gasteiger partial charge in [0.05, 0.1) is 18.3 Å². The van der Waals surface area contributed by atoms with Crippen LogP contribution in [-0.4, -0.2) is 44.7 Å². The SMILES string of the molecule is CC(C)=C1C[C@@H](O)[C@H](/C=C/[C@@H](O)CCC[C@@H](C)O)[C@H]1CCCc1ccc(C(=O)O)s1. The summed E-state index contributed by atoms with van der Waals surface area (Å²) in [4.78, 5) is 12.5. The van der Waals surface area contributed by atoms with Crippen LogP contribution in [0.5, 0.6) is 0 Å². The molecule has 1 aliphatic rings. The van der Waals surface area contributed by atoms with Crippen molar-refractivity contribution in [3.8, 4) is 0 Å². The molecular weight excluding hydrogens is 400 g/mol. The molecule has 2 rings (SSSR count). The Bertz CT molecular complexity index is 745. The van der Waals surface area contributed by atoms with Crippen molar-refractivity contribution in [3.63, 3.8) is 0 Å². The highest BCUT2D eigenvalue weighted by atomic mass is 32.1. The minimum absolute atomic E-state index is 0.0146. The number of aliphatic hydroxyl groups is 3. The second-order valence-corrected chi connectivity index (χ2v) is 9.84. The zero-order valence-corrected chi connectivity index (χ0v) is 19.1. The number of allylic oxidation sites excluding steroid dienone is 1. The minimum Gasteiger partial charge on any atom is -0.477 e. The number of carboxylic acids is 1. The number of carboxylic acid groups (broad SMARTS) is 1. The Morgan fingerprint density at radius 3 is 2.57 bits per heavy atom. The Kier molecular flexibility index (Phi) is 9.75. The van der Waals surface area contributed by atoms with E-state index in [2.05, 4.69) is 13.8 Å². The molecule has 1 heterocycles. The molecule has 6 heteroatoms. The molecule has 0 bridgehead atoms. The van der Waals surface area contributed by atoms with Crippen molar-refractivity contribution >= 4 is 17.3 Å². The lowest BCUT2D eigenvalue weighted by Gasteiger charge is -2.21. The lowest BCUT2D eigenvalue weighted by atomic mass is 9.85. The van der Waals surface area contributed by atoms with Crippen molar-refractivity contribution in [1.29, 1.82) is 0 Å². The van der Waals surface area contributed by atoms with E-state index in [-0.39, 0.29) is 17.9 Å². The molecular formula is C24H36O5S. The number of thiophene rings is 1. The van der Waals surface area contributed by atoms with Crippen LogP contribution in [-0.2, 0) is 6.42 Å². The summed E-state index contributed by atoms with van der Waals surface area (Å²) in [6.45, 7) is 5.93. The smallest absolute Gasteiger partial charge is 0.345 e. The molecule has 4 N–H and O–H groups in total. The quantitative estimate of drug-likeness (QED) is 0.381. The molecule has 1 aliphatic carbocycles. The first-order valence-corrected chi connectivity index (χ1v) is 11.7. The average Bonchev–Trinajstić information content (AvgIpc) is 3.25. The van der Waals surface area contributed by atoms with Crippen LogP contribution in [0.3, 0.4) is 0 Å². The second-order valence-electron chi connectivity index (χ2n) is 8.68. The van der Waals surface area contributed by atoms with Crippen molar-refractivity contribution < 1.29 is 25.2 Å². The molecule has 0 radical (unpaired) electrons. The summed E-state index contributed by atoms with van der Waals surface area (Å²) < 4.78 is 0. The van der Waals surface area contributed by atoms with E-state index in [1.165, 1.54) is 22.5 Å². The Balaban J connectivity index is 1.98. The van der Waals surface area contributed by atoms with Gasteiger partial charge in [-0.3, -0.25) is 0 Å². The van der Waals surface area contributed by atoms with Gasteiger partial charge in [0.25, 0.3) is 0 Å². The van der Waals surface area contributed by atoms with Gasteiger partial charge in [-0.2, -0.15) is 0 Å². The summed E-state index contributed by atoms with van der Waals surface area (Å²) in [5.74, 6) is -0.654. The Morgan fingerprint density at radius 2 is 1.97 bits per heavy atom. The number of carbonyl (C=O) groups is 1. The van der Waals surface area contributed by atoms with E-state index in [1.54, 1.807) is 19.1 Å². The van der Waals surface area contributed by atoms with Crippen LogP contribution in [0.25, 0.3) is 0 Å². The van der Waals surface area contributed by atoms with Crippen molar-refractivity contribution in [3.05, 3.63) is 45.2 Å². The number of hydrogen-bond donors (Lipinski definition) is 4. The van der Waals surface area contributed by atoms with Gasteiger partial charge >= 0.3 is 5.97 Å². The maximum atomic E-state index is 11.1. The van der Waals surface area contributed by atoms with Gasteiger partial charge in [-0.05, 0) is 83.8 Å². The summed E-state index contributed by atoms with van der Waals surface area (Å²) in [6, 6.07) is 3.55. The predicted molar refractivity (Wildman–Crippen MR) is 121 cm³/mol. The molecule has 1 fully saturated rings. The molecule has 1 aromatic heterocycles. The van der Waals surface area contributed by atoms with Gasteiger partial charge in [0.15, 0.2) is 0 Å². The van der Waals surface area contributed by atoms with Crippen molar-refractivity contribution in [2.75, 3.05) is 0 Å². The molecule has 0 aromatic carbocycles. The van der Waals surface area contributed by atoms with Crippen molar-refractivity contribution in [2.45, 2.75) is 84.0 Å². The molecule has 1 aromatic rings. The van der Waals surface area contributed by atoms with Crippen LogP contribution in [0.4, 0.5) is 0 Å². The summed E-state index contributed by atoms with van der Waals surface area (Å²) in [7, 11) is 0. The lowest BCUT2D eigenvalue weighted by molar-refractivity contribution is 0.0702. The molecule has 5 nitrogen and oxygen atoms in total. The van der Waals surface area contributed by atoms with Crippen molar-refractivity contribution in [2.24, 2.45) is 11.8 Å². The standard InChI is InChI=1S/C24H36O5S/c1-15(2)21-14-22(27)20(12-10-17(26)7-4-6-16(3)25)19(21)9-5-8-18-11-13-23(30-18)24(28)29/h10-13,16-17,19-20,22,25-27H,4-9,14H2,1-3H3,(H,28,29)/b12-10+/t16-,17+,19-,20-,22-/m1/s1. The highest BCUT2D eigenvalue weighted by molar-refractivity contribution is 7.13. The summed E-state index contributed by atoms with van der Waals surface area (Å²) in [5, 5.41) is 39.3. The van der Waals surface area contributed by atoms with Gasteiger partial charge in [-0.25, -0.2) is 4.79 Å². The van der Waals surface area contributed by atoms with Gasteiger partial charge in [0.1, 0.15) is 4.88 Å². The van der Waals surface area contributed by atoms with Gasteiger partial charge < -0.3 is 20.4 Å². The zero-order valence-electron chi connectivity index (χ0n) is 18.3. The molecule has 0 aliphatic heterocycles. The number of aryl methyl sites for hydroxylation is 1. The summed E-state index contributed by atoms with van der Waals surface area (Å²) in [6.07, 6.45) is 7.81. The predicted octanol–water partition coefficient (Wildman–Crippen LogP) is 4.57. The molecule has 0 unspecified atom stereocenters. The first-order chi connectivity index (χ1) is 14.2. The molecule has 0 amide bonds. The van der Waals surface area contributed by atoms with Crippen LogP contribution < -0.4 is 0 Å². The van der Waals surface area contributed by atoms with E-state index in [0.29, 0.717) is 24.1 Å². The highest BCUT2D eigenvalue weighted by Gasteiger charge is 2.37. The zero-order chi connectivity index (χ0) is 22.3. The molecule has 0 saturated heterocycles. The maximum absolute atomic E-state index is 11.1. The van der Waals surface area contributed by atoms with Crippen LogP contribution in [0.2, 0.25) is 0 Å². The average molecular weight is 437 g/mol. The van der Waals surface area contributed by atoms with Crippen molar-refractivity contribution in [1.82, 2.24) is 0 Å². The van der Waals surface area contributed by atoms with E-state index < -0.39 is 18.2 Å². The van der Waals surface area contributed by atoms with Gasteiger partial charge in [-0.1, -0.05) is 23.3 Å². The van der Waals surface area contributed by atoms with Crippen LogP contribution >= 0.6 is 11.3 Å². The van der Waals surface area contributed by atoms with Gasteiger partial charge in [0.2, 0.25) is 0 Å². The second kappa shape index (κ2) is 11.8. The monoisotopic (exact) mass is 436 g/mol. The van der Waals surface area contributed by atoms with E-state index in [4.69, 9.17) is 5.11 Å².